The quantitative estimate of drug-likeness (QED) is 0.627. The predicted octanol–water partition coefficient (Wildman–Crippen LogP) is 1.51. The Labute approximate surface area is 168 Å². The predicted molar refractivity (Wildman–Crippen MR) is 105 cm³/mol. The molecule has 3 heterocycles. The first-order valence-electron chi connectivity index (χ1n) is 9.56. The Kier molecular flexibility index (Phi) is 5.76. The van der Waals surface area contributed by atoms with Crippen LogP contribution < -0.4 is 4.74 Å². The smallest absolute Gasteiger partial charge is 0.244 e. The summed E-state index contributed by atoms with van der Waals surface area (Å²) in [5, 5.41) is 10.9. The van der Waals surface area contributed by atoms with E-state index in [0.717, 1.165) is 36.7 Å². The van der Waals surface area contributed by atoms with E-state index in [2.05, 4.69) is 37.5 Å². The SMILES string of the molecule is Cc1cc(CN2CCN(C(=O)Cn3cnnn3)CC2)ccc1Oc1cccnc1. The van der Waals surface area contributed by atoms with Crippen LogP contribution in [0.15, 0.2) is 49.1 Å². The zero-order chi connectivity index (χ0) is 20.1. The lowest BCUT2D eigenvalue weighted by atomic mass is 10.1. The maximum absolute atomic E-state index is 12.3. The van der Waals surface area contributed by atoms with Crippen molar-refractivity contribution in [3.63, 3.8) is 0 Å². The molecule has 0 saturated carbocycles. The van der Waals surface area contributed by atoms with Crippen molar-refractivity contribution in [3.8, 4) is 11.5 Å². The topological polar surface area (TPSA) is 89.3 Å². The van der Waals surface area contributed by atoms with Crippen molar-refractivity contribution in [1.29, 1.82) is 0 Å². The van der Waals surface area contributed by atoms with Crippen molar-refractivity contribution in [2.45, 2.75) is 20.0 Å². The maximum atomic E-state index is 12.3. The summed E-state index contributed by atoms with van der Waals surface area (Å²) in [5.74, 6) is 1.61. The minimum Gasteiger partial charge on any atom is -0.455 e. The third kappa shape index (κ3) is 4.94. The molecule has 0 unspecified atom stereocenters. The summed E-state index contributed by atoms with van der Waals surface area (Å²) < 4.78 is 7.35. The maximum Gasteiger partial charge on any atom is 0.244 e. The monoisotopic (exact) mass is 393 g/mol. The lowest BCUT2D eigenvalue weighted by molar-refractivity contribution is -0.133. The van der Waals surface area contributed by atoms with E-state index in [-0.39, 0.29) is 12.5 Å². The van der Waals surface area contributed by atoms with Gasteiger partial charge in [0.05, 0.1) is 6.20 Å². The average Bonchev–Trinajstić information content (AvgIpc) is 3.24. The van der Waals surface area contributed by atoms with Crippen LogP contribution >= 0.6 is 0 Å². The highest BCUT2D eigenvalue weighted by molar-refractivity contribution is 5.76. The van der Waals surface area contributed by atoms with Gasteiger partial charge in [-0.1, -0.05) is 12.1 Å². The second kappa shape index (κ2) is 8.78. The number of pyridine rings is 1. The standard InChI is InChI=1S/C20H23N7O2/c1-16-11-17(4-5-19(16)29-18-3-2-6-21-12-18)13-25-7-9-26(10-8-25)20(28)14-27-15-22-23-24-27/h2-6,11-12,15H,7-10,13-14H2,1H3. The molecule has 2 aromatic heterocycles. The first-order chi connectivity index (χ1) is 14.2. The Bertz CT molecular complexity index is 939. The number of tetrazole rings is 1. The van der Waals surface area contributed by atoms with Gasteiger partial charge in [0.1, 0.15) is 24.4 Å². The van der Waals surface area contributed by atoms with Crippen LogP contribution in [0.25, 0.3) is 0 Å². The molecule has 150 valence electrons. The summed E-state index contributed by atoms with van der Waals surface area (Å²) in [7, 11) is 0. The molecule has 0 atom stereocenters. The second-order valence-corrected chi connectivity index (χ2v) is 7.05. The van der Waals surface area contributed by atoms with E-state index < -0.39 is 0 Å². The fourth-order valence-electron chi connectivity index (χ4n) is 3.36. The lowest BCUT2D eigenvalue weighted by Gasteiger charge is -2.34. The molecule has 1 fully saturated rings. The number of nitrogens with zero attached hydrogens (tertiary/aromatic N) is 7. The number of hydrogen-bond acceptors (Lipinski definition) is 7. The molecule has 29 heavy (non-hydrogen) atoms. The van der Waals surface area contributed by atoms with E-state index in [0.29, 0.717) is 13.1 Å². The van der Waals surface area contributed by atoms with Crippen LogP contribution in [-0.4, -0.2) is 67.1 Å². The molecule has 3 aromatic rings. The number of aryl methyl sites for hydroxylation is 1. The molecule has 0 aliphatic carbocycles. The normalized spacial score (nSPS) is 14.7. The van der Waals surface area contributed by atoms with Crippen LogP contribution in [0.1, 0.15) is 11.1 Å². The first-order valence-corrected chi connectivity index (χ1v) is 9.56. The number of carbonyl (C=O) groups is 1. The minimum absolute atomic E-state index is 0.0460. The third-order valence-electron chi connectivity index (χ3n) is 4.92. The van der Waals surface area contributed by atoms with Crippen LogP contribution in [-0.2, 0) is 17.9 Å². The zero-order valence-corrected chi connectivity index (χ0v) is 16.3. The number of amides is 1. The third-order valence-corrected chi connectivity index (χ3v) is 4.92. The average molecular weight is 393 g/mol. The van der Waals surface area contributed by atoms with Crippen LogP contribution in [0.3, 0.4) is 0 Å². The van der Waals surface area contributed by atoms with Gasteiger partial charge in [-0.2, -0.15) is 0 Å². The Balaban J connectivity index is 1.29. The fourth-order valence-corrected chi connectivity index (χ4v) is 3.36. The number of aromatic nitrogens is 5. The Morgan fingerprint density at radius 3 is 2.72 bits per heavy atom. The molecule has 9 nitrogen and oxygen atoms in total. The number of ether oxygens (including phenoxy) is 1. The molecule has 1 aliphatic rings. The van der Waals surface area contributed by atoms with Gasteiger partial charge in [0.15, 0.2) is 0 Å². The summed E-state index contributed by atoms with van der Waals surface area (Å²) in [4.78, 5) is 20.6. The summed E-state index contributed by atoms with van der Waals surface area (Å²) >= 11 is 0. The number of piperazine rings is 1. The highest BCUT2D eigenvalue weighted by atomic mass is 16.5. The van der Waals surface area contributed by atoms with Gasteiger partial charge in [0, 0.05) is 38.9 Å². The molecule has 9 heteroatoms. The van der Waals surface area contributed by atoms with Gasteiger partial charge in [-0.15, -0.1) is 5.10 Å². The van der Waals surface area contributed by atoms with Gasteiger partial charge < -0.3 is 9.64 Å². The molecule has 0 spiro atoms. The largest absolute Gasteiger partial charge is 0.455 e. The molecule has 1 saturated heterocycles. The molecule has 0 bridgehead atoms. The van der Waals surface area contributed by atoms with Gasteiger partial charge in [-0.25, -0.2) is 4.68 Å². The van der Waals surface area contributed by atoms with Crippen LogP contribution in [0, 0.1) is 6.92 Å². The molecule has 0 radical (unpaired) electrons. The van der Waals surface area contributed by atoms with Crippen molar-refractivity contribution in [3.05, 3.63) is 60.2 Å². The molecule has 1 amide bonds. The summed E-state index contributed by atoms with van der Waals surface area (Å²) in [5.41, 5.74) is 2.32. The van der Waals surface area contributed by atoms with Crippen molar-refractivity contribution in [2.24, 2.45) is 0 Å². The van der Waals surface area contributed by atoms with Gasteiger partial charge in [-0.05, 0) is 46.7 Å². The number of carbonyl (C=O) groups excluding carboxylic acids is 1. The molecule has 4 rings (SSSR count). The number of benzene rings is 1. The summed E-state index contributed by atoms with van der Waals surface area (Å²) in [6.45, 7) is 6.19. The van der Waals surface area contributed by atoms with E-state index in [1.54, 1.807) is 12.4 Å². The zero-order valence-electron chi connectivity index (χ0n) is 16.3. The van der Waals surface area contributed by atoms with E-state index in [4.69, 9.17) is 4.74 Å². The van der Waals surface area contributed by atoms with E-state index in [1.807, 2.05) is 30.0 Å². The summed E-state index contributed by atoms with van der Waals surface area (Å²) in [6.07, 6.45) is 4.88. The van der Waals surface area contributed by atoms with Crippen LogP contribution in [0.5, 0.6) is 11.5 Å². The van der Waals surface area contributed by atoms with Crippen LogP contribution in [0.2, 0.25) is 0 Å². The van der Waals surface area contributed by atoms with Gasteiger partial charge >= 0.3 is 0 Å². The van der Waals surface area contributed by atoms with Gasteiger partial charge in [0.25, 0.3) is 0 Å². The van der Waals surface area contributed by atoms with Crippen molar-refractivity contribution < 1.29 is 9.53 Å². The van der Waals surface area contributed by atoms with Crippen molar-refractivity contribution in [1.82, 2.24) is 35.0 Å². The van der Waals surface area contributed by atoms with Gasteiger partial charge in [0.2, 0.25) is 5.91 Å². The molecule has 1 aliphatic heterocycles. The fraction of sp³-hybridized carbons (Fsp3) is 0.350. The van der Waals surface area contributed by atoms with E-state index >= 15 is 0 Å². The molecule has 0 N–H and O–H groups in total. The number of rotatable bonds is 6. The molecular weight excluding hydrogens is 370 g/mol. The van der Waals surface area contributed by atoms with Crippen LogP contribution in [0.4, 0.5) is 0 Å². The summed E-state index contributed by atoms with van der Waals surface area (Å²) in [6, 6.07) is 9.99. The molecule has 1 aromatic carbocycles. The molecular formula is C20H23N7O2. The lowest BCUT2D eigenvalue weighted by Crippen LogP contribution is -2.49. The van der Waals surface area contributed by atoms with Gasteiger partial charge in [-0.3, -0.25) is 14.7 Å². The van der Waals surface area contributed by atoms with E-state index in [1.165, 1.54) is 16.6 Å². The van der Waals surface area contributed by atoms with E-state index in [9.17, 15) is 4.79 Å². The van der Waals surface area contributed by atoms with Crippen molar-refractivity contribution in [2.75, 3.05) is 26.2 Å². The Morgan fingerprint density at radius 1 is 1.17 bits per heavy atom. The Hall–Kier alpha value is -3.33. The highest BCUT2D eigenvalue weighted by Crippen LogP contribution is 2.25. The highest BCUT2D eigenvalue weighted by Gasteiger charge is 2.21. The Morgan fingerprint density at radius 2 is 2.03 bits per heavy atom. The second-order valence-electron chi connectivity index (χ2n) is 7.05. The first kappa shape index (κ1) is 19.0. The minimum atomic E-state index is 0.0460. The number of hydrogen-bond donors (Lipinski definition) is 0. The van der Waals surface area contributed by atoms with Crippen molar-refractivity contribution >= 4 is 5.91 Å².